The van der Waals surface area contributed by atoms with Crippen molar-refractivity contribution < 1.29 is 5.11 Å². The van der Waals surface area contributed by atoms with Gasteiger partial charge in [0.05, 0.1) is 6.10 Å². The standard InChI is InChI=1S/C17H27NO/c1-4-6-10-17(19)14-18(11-5-2)13-16-9-7-8-15(3)12-16/h4,7-9,12,17,19H,1,5-6,10-11,13-14H2,2-3H3. The number of aryl methyl sites for hydroxylation is 1. The molecule has 1 unspecified atom stereocenters. The largest absolute Gasteiger partial charge is 0.392 e. The molecule has 1 aromatic rings. The highest BCUT2D eigenvalue weighted by Crippen LogP contribution is 2.10. The highest BCUT2D eigenvalue weighted by atomic mass is 16.3. The lowest BCUT2D eigenvalue weighted by Gasteiger charge is -2.24. The maximum atomic E-state index is 10.0. The SMILES string of the molecule is C=CCCC(O)CN(CCC)Cc1cccc(C)c1. The Labute approximate surface area is 117 Å². The third-order valence-corrected chi connectivity index (χ3v) is 3.20. The average Bonchev–Trinajstić information content (AvgIpc) is 2.36. The first-order chi connectivity index (χ1) is 9.15. The van der Waals surface area contributed by atoms with Gasteiger partial charge < -0.3 is 5.11 Å². The van der Waals surface area contributed by atoms with Gasteiger partial charge >= 0.3 is 0 Å². The molecule has 1 N–H and O–H groups in total. The second kappa shape index (κ2) is 8.89. The molecule has 0 saturated carbocycles. The third kappa shape index (κ3) is 6.55. The molecule has 0 aliphatic carbocycles. The fourth-order valence-corrected chi connectivity index (χ4v) is 2.32. The minimum absolute atomic E-state index is 0.255. The lowest BCUT2D eigenvalue weighted by atomic mass is 10.1. The number of hydrogen-bond donors (Lipinski definition) is 1. The molecule has 0 aromatic heterocycles. The summed E-state index contributed by atoms with van der Waals surface area (Å²) in [7, 11) is 0. The van der Waals surface area contributed by atoms with Crippen LogP contribution >= 0.6 is 0 Å². The molecule has 0 radical (unpaired) electrons. The van der Waals surface area contributed by atoms with Crippen LogP contribution in [0.5, 0.6) is 0 Å². The van der Waals surface area contributed by atoms with Crippen molar-refractivity contribution in [1.29, 1.82) is 0 Å². The molecule has 0 bridgehead atoms. The quantitative estimate of drug-likeness (QED) is 0.687. The van der Waals surface area contributed by atoms with E-state index in [1.54, 1.807) is 0 Å². The lowest BCUT2D eigenvalue weighted by Crippen LogP contribution is -2.32. The van der Waals surface area contributed by atoms with E-state index in [1.807, 2.05) is 6.08 Å². The van der Waals surface area contributed by atoms with E-state index in [0.717, 1.165) is 38.9 Å². The van der Waals surface area contributed by atoms with Gasteiger partial charge in [-0.1, -0.05) is 42.8 Å². The summed E-state index contributed by atoms with van der Waals surface area (Å²) < 4.78 is 0. The van der Waals surface area contributed by atoms with Gasteiger partial charge in [0.25, 0.3) is 0 Å². The highest BCUT2D eigenvalue weighted by Gasteiger charge is 2.11. The van der Waals surface area contributed by atoms with Crippen LogP contribution < -0.4 is 0 Å². The van der Waals surface area contributed by atoms with Crippen LogP contribution in [0.2, 0.25) is 0 Å². The van der Waals surface area contributed by atoms with Crippen molar-refractivity contribution in [2.45, 2.75) is 45.8 Å². The molecule has 106 valence electrons. The van der Waals surface area contributed by atoms with Gasteiger partial charge in [-0.3, -0.25) is 4.90 Å². The topological polar surface area (TPSA) is 23.5 Å². The number of nitrogens with zero attached hydrogens (tertiary/aromatic N) is 1. The second-order valence-electron chi connectivity index (χ2n) is 5.24. The second-order valence-corrected chi connectivity index (χ2v) is 5.24. The third-order valence-electron chi connectivity index (χ3n) is 3.20. The van der Waals surface area contributed by atoms with Crippen molar-refractivity contribution in [3.8, 4) is 0 Å². The fraction of sp³-hybridized carbons (Fsp3) is 0.529. The van der Waals surface area contributed by atoms with Crippen molar-refractivity contribution in [2.75, 3.05) is 13.1 Å². The molecular weight excluding hydrogens is 234 g/mol. The number of hydrogen-bond acceptors (Lipinski definition) is 2. The van der Waals surface area contributed by atoms with Gasteiger partial charge in [-0.05, 0) is 38.3 Å². The van der Waals surface area contributed by atoms with E-state index in [-0.39, 0.29) is 6.10 Å². The molecule has 0 fully saturated rings. The molecule has 1 atom stereocenters. The Balaban J connectivity index is 2.54. The molecule has 1 aromatic carbocycles. The molecule has 0 saturated heterocycles. The number of aliphatic hydroxyl groups excluding tert-OH is 1. The van der Waals surface area contributed by atoms with Gasteiger partial charge in [-0.2, -0.15) is 0 Å². The number of aliphatic hydroxyl groups is 1. The van der Waals surface area contributed by atoms with E-state index >= 15 is 0 Å². The van der Waals surface area contributed by atoms with E-state index in [9.17, 15) is 5.11 Å². The lowest BCUT2D eigenvalue weighted by molar-refractivity contribution is 0.102. The maximum Gasteiger partial charge on any atom is 0.0670 e. The van der Waals surface area contributed by atoms with Gasteiger partial charge in [0.1, 0.15) is 0 Å². The fourth-order valence-electron chi connectivity index (χ4n) is 2.32. The van der Waals surface area contributed by atoms with E-state index in [4.69, 9.17) is 0 Å². The van der Waals surface area contributed by atoms with Crippen LogP contribution in [-0.2, 0) is 6.54 Å². The Morgan fingerprint density at radius 2 is 2.21 bits per heavy atom. The number of benzene rings is 1. The smallest absolute Gasteiger partial charge is 0.0670 e. The molecule has 0 spiro atoms. The summed E-state index contributed by atoms with van der Waals surface area (Å²) in [6.07, 6.45) is 4.41. The van der Waals surface area contributed by atoms with Crippen LogP contribution in [-0.4, -0.2) is 29.2 Å². The Morgan fingerprint density at radius 3 is 2.84 bits per heavy atom. The van der Waals surface area contributed by atoms with Gasteiger partial charge in [0, 0.05) is 13.1 Å². The van der Waals surface area contributed by atoms with Gasteiger partial charge in [-0.15, -0.1) is 6.58 Å². The van der Waals surface area contributed by atoms with E-state index < -0.39 is 0 Å². The summed E-state index contributed by atoms with van der Waals surface area (Å²) in [5.41, 5.74) is 2.62. The van der Waals surface area contributed by atoms with Crippen LogP contribution in [0.15, 0.2) is 36.9 Å². The van der Waals surface area contributed by atoms with Crippen molar-refractivity contribution >= 4 is 0 Å². The first-order valence-electron chi connectivity index (χ1n) is 7.22. The summed E-state index contributed by atoms with van der Waals surface area (Å²) in [6, 6.07) is 8.60. The average molecular weight is 261 g/mol. The number of rotatable bonds is 9. The Kier molecular flexibility index (Phi) is 7.46. The van der Waals surface area contributed by atoms with Gasteiger partial charge in [-0.25, -0.2) is 0 Å². The molecule has 0 aliphatic rings. The zero-order valence-electron chi connectivity index (χ0n) is 12.3. The highest BCUT2D eigenvalue weighted by molar-refractivity contribution is 5.22. The van der Waals surface area contributed by atoms with E-state index in [1.165, 1.54) is 11.1 Å². The van der Waals surface area contributed by atoms with Crippen LogP contribution in [0.1, 0.15) is 37.3 Å². The summed E-state index contributed by atoms with van der Waals surface area (Å²) in [6.45, 7) is 10.7. The summed E-state index contributed by atoms with van der Waals surface area (Å²) in [5.74, 6) is 0. The molecule has 0 aliphatic heterocycles. The first kappa shape index (κ1) is 15.9. The van der Waals surface area contributed by atoms with Crippen LogP contribution in [0, 0.1) is 6.92 Å². The van der Waals surface area contributed by atoms with Crippen LogP contribution in [0.25, 0.3) is 0 Å². The van der Waals surface area contributed by atoms with Crippen LogP contribution in [0.3, 0.4) is 0 Å². The first-order valence-corrected chi connectivity index (χ1v) is 7.22. The molecular formula is C17H27NO. The predicted molar refractivity (Wildman–Crippen MR) is 82.2 cm³/mol. The van der Waals surface area contributed by atoms with Crippen molar-refractivity contribution in [2.24, 2.45) is 0 Å². The van der Waals surface area contributed by atoms with Crippen molar-refractivity contribution in [3.05, 3.63) is 48.0 Å². The van der Waals surface area contributed by atoms with E-state index in [2.05, 4.69) is 49.6 Å². The van der Waals surface area contributed by atoms with E-state index in [0.29, 0.717) is 0 Å². The zero-order chi connectivity index (χ0) is 14.1. The summed E-state index contributed by atoms with van der Waals surface area (Å²) in [5, 5.41) is 10.0. The molecule has 0 heterocycles. The Bertz CT molecular complexity index is 375. The summed E-state index contributed by atoms with van der Waals surface area (Å²) in [4.78, 5) is 2.34. The minimum Gasteiger partial charge on any atom is -0.392 e. The number of allylic oxidation sites excluding steroid dienone is 1. The van der Waals surface area contributed by atoms with Gasteiger partial charge in [0.2, 0.25) is 0 Å². The monoisotopic (exact) mass is 261 g/mol. The molecule has 19 heavy (non-hydrogen) atoms. The molecule has 2 heteroatoms. The molecule has 2 nitrogen and oxygen atoms in total. The normalized spacial score (nSPS) is 12.6. The predicted octanol–water partition coefficient (Wildman–Crippen LogP) is 3.53. The molecule has 1 rings (SSSR count). The maximum absolute atomic E-state index is 10.0. The van der Waals surface area contributed by atoms with Crippen molar-refractivity contribution in [1.82, 2.24) is 4.90 Å². The van der Waals surface area contributed by atoms with Crippen LogP contribution in [0.4, 0.5) is 0 Å². The Morgan fingerprint density at radius 1 is 1.42 bits per heavy atom. The zero-order valence-corrected chi connectivity index (χ0v) is 12.3. The minimum atomic E-state index is -0.255. The van der Waals surface area contributed by atoms with Gasteiger partial charge in [0.15, 0.2) is 0 Å². The molecule has 0 amide bonds. The van der Waals surface area contributed by atoms with Crippen molar-refractivity contribution in [3.63, 3.8) is 0 Å². The summed E-state index contributed by atoms with van der Waals surface area (Å²) >= 11 is 0. The Hall–Kier alpha value is -1.12.